The maximum atomic E-state index is 12.3. The number of hydrogen-bond acceptors (Lipinski definition) is 5. The van der Waals surface area contributed by atoms with Crippen LogP contribution in [0.5, 0.6) is 0 Å². The van der Waals surface area contributed by atoms with Crippen LogP contribution in [0.4, 0.5) is 0 Å². The molecule has 6 nitrogen and oxygen atoms in total. The molecule has 0 bridgehead atoms. The van der Waals surface area contributed by atoms with Gasteiger partial charge in [-0.25, -0.2) is 0 Å². The highest BCUT2D eigenvalue weighted by Gasteiger charge is 2.30. The summed E-state index contributed by atoms with van der Waals surface area (Å²) >= 11 is 1.71. The Hall–Kier alpha value is -1.44. The molecule has 0 radical (unpaired) electrons. The van der Waals surface area contributed by atoms with Gasteiger partial charge in [-0.15, -0.1) is 11.3 Å². The Balaban J connectivity index is 1.32. The Morgan fingerprint density at radius 1 is 1.29 bits per heavy atom. The Morgan fingerprint density at radius 2 is 2.12 bits per heavy atom. The van der Waals surface area contributed by atoms with E-state index in [1.807, 2.05) is 11.0 Å². The van der Waals surface area contributed by atoms with E-state index in [2.05, 4.69) is 21.7 Å². The average molecular weight is 351 g/mol. The van der Waals surface area contributed by atoms with Gasteiger partial charge in [-0.05, 0) is 30.7 Å². The average Bonchev–Trinajstić information content (AvgIpc) is 3.29. The lowest BCUT2D eigenvalue weighted by Crippen LogP contribution is -2.53. The summed E-state index contributed by atoms with van der Waals surface area (Å²) in [6.45, 7) is 4.64. The van der Waals surface area contributed by atoms with Crippen LogP contribution in [0.1, 0.15) is 17.7 Å². The van der Waals surface area contributed by atoms with Crippen LogP contribution in [0.25, 0.3) is 0 Å². The van der Waals surface area contributed by atoms with E-state index in [0.29, 0.717) is 32.8 Å². The van der Waals surface area contributed by atoms with Crippen molar-refractivity contribution in [3.05, 3.63) is 22.4 Å². The van der Waals surface area contributed by atoms with Gasteiger partial charge in [-0.1, -0.05) is 6.07 Å². The van der Waals surface area contributed by atoms with Gasteiger partial charge in [0.1, 0.15) is 6.10 Å². The predicted octanol–water partition coefficient (Wildman–Crippen LogP) is 0.730. The van der Waals surface area contributed by atoms with Gasteiger partial charge in [-0.2, -0.15) is 0 Å². The van der Waals surface area contributed by atoms with Crippen molar-refractivity contribution in [3.63, 3.8) is 0 Å². The minimum absolute atomic E-state index is 0.0606. The zero-order chi connectivity index (χ0) is 16.8. The predicted molar refractivity (Wildman–Crippen MR) is 93.0 cm³/mol. The molecule has 2 amide bonds. The van der Waals surface area contributed by atoms with E-state index < -0.39 is 0 Å². The fraction of sp³-hybridized carbons (Fsp3) is 0.647. The van der Waals surface area contributed by atoms with Gasteiger partial charge < -0.3 is 15.0 Å². The highest BCUT2D eigenvalue weighted by Crippen LogP contribution is 2.16. The summed E-state index contributed by atoms with van der Waals surface area (Å²) in [4.78, 5) is 29.6. The molecule has 3 heterocycles. The minimum Gasteiger partial charge on any atom is -0.368 e. The number of nitrogens with one attached hydrogen (secondary N) is 1. The fourth-order valence-corrected chi connectivity index (χ4v) is 3.85. The van der Waals surface area contributed by atoms with Crippen LogP contribution >= 0.6 is 11.3 Å². The molecule has 132 valence electrons. The summed E-state index contributed by atoms with van der Waals surface area (Å²) in [5.74, 6) is 0.179. The molecule has 2 fully saturated rings. The molecule has 2 aliphatic heterocycles. The van der Waals surface area contributed by atoms with Crippen LogP contribution in [-0.2, 0) is 20.7 Å². The van der Waals surface area contributed by atoms with E-state index in [0.717, 1.165) is 32.4 Å². The van der Waals surface area contributed by atoms with Crippen LogP contribution < -0.4 is 5.32 Å². The Bertz CT molecular complexity index is 535. The largest absolute Gasteiger partial charge is 0.368 e. The molecule has 1 aromatic heterocycles. The van der Waals surface area contributed by atoms with Crippen molar-refractivity contribution in [2.75, 3.05) is 45.9 Å². The Labute approximate surface area is 146 Å². The molecule has 1 atom stereocenters. The maximum absolute atomic E-state index is 12.3. The first-order valence-electron chi connectivity index (χ1n) is 8.64. The van der Waals surface area contributed by atoms with Gasteiger partial charge >= 0.3 is 0 Å². The topological polar surface area (TPSA) is 61.9 Å². The van der Waals surface area contributed by atoms with Gasteiger partial charge in [0.05, 0.1) is 6.54 Å². The first kappa shape index (κ1) is 17.4. The standard InChI is InChI=1S/C17H25N3O3S/c21-16(18-6-5-14-3-2-12-24-14)13-19-7-9-20(10-8-19)17(22)15-4-1-11-23-15/h2-3,12,15H,1,4-11,13H2,(H,18,21)/t15-/m0/s1. The van der Waals surface area contributed by atoms with Crippen molar-refractivity contribution in [2.45, 2.75) is 25.4 Å². The van der Waals surface area contributed by atoms with E-state index in [1.54, 1.807) is 11.3 Å². The summed E-state index contributed by atoms with van der Waals surface area (Å²) in [6, 6.07) is 4.11. The summed E-state index contributed by atoms with van der Waals surface area (Å²) in [6.07, 6.45) is 2.46. The molecule has 0 saturated carbocycles. The van der Waals surface area contributed by atoms with Crippen molar-refractivity contribution in [1.29, 1.82) is 0 Å². The number of nitrogens with zero attached hydrogens (tertiary/aromatic N) is 2. The zero-order valence-corrected chi connectivity index (χ0v) is 14.7. The van der Waals surface area contributed by atoms with Crippen molar-refractivity contribution in [3.8, 4) is 0 Å². The Morgan fingerprint density at radius 3 is 2.79 bits per heavy atom. The summed E-state index contributed by atoms with van der Waals surface area (Å²) in [7, 11) is 0. The molecule has 1 aromatic rings. The molecule has 0 aromatic carbocycles. The number of amides is 2. The van der Waals surface area contributed by atoms with Crippen LogP contribution in [-0.4, -0.2) is 73.6 Å². The summed E-state index contributed by atoms with van der Waals surface area (Å²) < 4.78 is 5.47. The van der Waals surface area contributed by atoms with Crippen LogP contribution in [0.2, 0.25) is 0 Å². The van der Waals surface area contributed by atoms with E-state index in [-0.39, 0.29) is 17.9 Å². The van der Waals surface area contributed by atoms with Gasteiger partial charge in [0.25, 0.3) is 5.91 Å². The molecule has 2 aliphatic rings. The lowest BCUT2D eigenvalue weighted by atomic mass is 10.2. The van der Waals surface area contributed by atoms with Crippen LogP contribution in [0.15, 0.2) is 17.5 Å². The molecular weight excluding hydrogens is 326 g/mol. The van der Waals surface area contributed by atoms with Gasteiger partial charge in [0, 0.05) is 44.2 Å². The third-order valence-electron chi connectivity index (χ3n) is 4.53. The molecule has 3 rings (SSSR count). The molecular formula is C17H25N3O3S. The van der Waals surface area contributed by atoms with E-state index in [9.17, 15) is 9.59 Å². The lowest BCUT2D eigenvalue weighted by molar-refractivity contribution is -0.142. The Kier molecular flexibility index (Phi) is 6.23. The smallest absolute Gasteiger partial charge is 0.251 e. The number of piperazine rings is 1. The third-order valence-corrected chi connectivity index (χ3v) is 5.47. The number of carbonyl (C=O) groups excluding carboxylic acids is 2. The second-order valence-electron chi connectivity index (χ2n) is 6.28. The minimum atomic E-state index is -0.239. The number of ether oxygens (including phenoxy) is 1. The first-order valence-corrected chi connectivity index (χ1v) is 9.52. The van der Waals surface area contributed by atoms with Crippen LogP contribution in [0.3, 0.4) is 0 Å². The number of hydrogen-bond donors (Lipinski definition) is 1. The number of rotatable bonds is 6. The second-order valence-corrected chi connectivity index (χ2v) is 7.31. The fourth-order valence-electron chi connectivity index (χ4n) is 3.14. The first-order chi connectivity index (χ1) is 11.7. The second kappa shape index (κ2) is 8.60. The summed E-state index contributed by atoms with van der Waals surface area (Å²) in [5.41, 5.74) is 0. The monoisotopic (exact) mass is 351 g/mol. The highest BCUT2D eigenvalue weighted by molar-refractivity contribution is 7.09. The SMILES string of the molecule is O=C(CN1CCN(C(=O)[C@@H]2CCCO2)CC1)NCCc1cccs1. The molecule has 0 aliphatic carbocycles. The van der Waals surface area contributed by atoms with E-state index in [1.165, 1.54) is 4.88 Å². The zero-order valence-electron chi connectivity index (χ0n) is 13.9. The van der Waals surface area contributed by atoms with E-state index >= 15 is 0 Å². The van der Waals surface area contributed by atoms with Crippen molar-refractivity contribution < 1.29 is 14.3 Å². The highest BCUT2D eigenvalue weighted by atomic mass is 32.1. The van der Waals surface area contributed by atoms with Gasteiger partial charge in [0.15, 0.2) is 0 Å². The number of thiophene rings is 1. The van der Waals surface area contributed by atoms with Crippen molar-refractivity contribution >= 4 is 23.2 Å². The van der Waals surface area contributed by atoms with E-state index in [4.69, 9.17) is 4.74 Å². The molecule has 1 N–H and O–H groups in total. The molecule has 0 unspecified atom stereocenters. The van der Waals surface area contributed by atoms with Gasteiger partial charge in [-0.3, -0.25) is 14.5 Å². The normalized spacial score (nSPS) is 21.8. The molecule has 24 heavy (non-hydrogen) atoms. The molecule has 0 spiro atoms. The maximum Gasteiger partial charge on any atom is 0.251 e. The van der Waals surface area contributed by atoms with Crippen molar-refractivity contribution in [1.82, 2.24) is 15.1 Å². The van der Waals surface area contributed by atoms with Gasteiger partial charge in [0.2, 0.25) is 5.91 Å². The quantitative estimate of drug-likeness (QED) is 0.821. The van der Waals surface area contributed by atoms with Crippen LogP contribution in [0, 0.1) is 0 Å². The lowest BCUT2D eigenvalue weighted by Gasteiger charge is -2.35. The molecule has 7 heteroatoms. The summed E-state index contributed by atoms with van der Waals surface area (Å²) in [5, 5.41) is 5.02. The third kappa shape index (κ3) is 4.78. The van der Waals surface area contributed by atoms with Crippen molar-refractivity contribution in [2.24, 2.45) is 0 Å². The molecule has 2 saturated heterocycles. The number of carbonyl (C=O) groups is 2.